The number of hydrogen-bond donors (Lipinski definition) is 1. The van der Waals surface area contributed by atoms with Crippen molar-refractivity contribution in [3.8, 4) is 0 Å². The zero-order valence-electron chi connectivity index (χ0n) is 13.5. The summed E-state index contributed by atoms with van der Waals surface area (Å²) in [4.78, 5) is 26.0. The highest BCUT2D eigenvalue weighted by atomic mass is 19.1. The van der Waals surface area contributed by atoms with Crippen LogP contribution in [-0.4, -0.2) is 16.8 Å². The number of hydrogen-bond acceptors (Lipinski definition) is 4. The number of nitrogens with zero attached hydrogens (tertiary/aromatic N) is 1. The summed E-state index contributed by atoms with van der Waals surface area (Å²) in [6.07, 6.45) is 1.34. The Morgan fingerprint density at radius 1 is 1.28 bits per heavy atom. The molecule has 0 fully saturated rings. The average molecular weight is 347 g/mol. The van der Waals surface area contributed by atoms with Gasteiger partial charge in [-0.3, -0.25) is 14.5 Å². The summed E-state index contributed by atoms with van der Waals surface area (Å²) in [7, 11) is 0. The molecule has 130 valence electrons. The van der Waals surface area contributed by atoms with E-state index in [-0.39, 0.29) is 17.0 Å². The summed E-state index contributed by atoms with van der Waals surface area (Å²) < 4.78 is 32.8. The number of ketones is 1. The second kappa shape index (κ2) is 6.16. The lowest BCUT2D eigenvalue weighted by molar-refractivity contribution is -0.119. The maximum Gasteiger partial charge on any atom is 0.294 e. The zero-order valence-corrected chi connectivity index (χ0v) is 13.5. The first-order valence-electron chi connectivity index (χ1n) is 7.62. The largest absolute Gasteiger partial charge is 0.503 e. The monoisotopic (exact) mass is 347 g/mol. The summed E-state index contributed by atoms with van der Waals surface area (Å²) in [5.41, 5.74) is -0.426. The molecule has 3 rings (SSSR count). The highest BCUT2D eigenvalue weighted by Crippen LogP contribution is 2.42. The second-order valence-electron chi connectivity index (χ2n) is 5.97. The quantitative estimate of drug-likeness (QED) is 0.916. The van der Waals surface area contributed by atoms with E-state index in [9.17, 15) is 23.5 Å². The predicted octanol–water partition coefficient (Wildman–Crippen LogP) is 3.68. The van der Waals surface area contributed by atoms with Gasteiger partial charge in [-0.1, -0.05) is 13.8 Å². The molecule has 5 nitrogen and oxygen atoms in total. The minimum absolute atomic E-state index is 0.168. The van der Waals surface area contributed by atoms with E-state index in [1.807, 2.05) is 0 Å². The topological polar surface area (TPSA) is 70.8 Å². The van der Waals surface area contributed by atoms with Gasteiger partial charge >= 0.3 is 0 Å². The van der Waals surface area contributed by atoms with Crippen LogP contribution >= 0.6 is 0 Å². The molecular weight excluding hydrogens is 332 g/mol. The summed E-state index contributed by atoms with van der Waals surface area (Å²) in [6.45, 7) is 3.24. The van der Waals surface area contributed by atoms with Gasteiger partial charge in [-0.15, -0.1) is 0 Å². The normalized spacial score (nSPS) is 17.7. The number of amides is 1. The smallest absolute Gasteiger partial charge is 0.294 e. The molecule has 1 unspecified atom stereocenters. The number of rotatable bonds is 4. The van der Waals surface area contributed by atoms with Gasteiger partial charge in [0.25, 0.3) is 5.91 Å². The van der Waals surface area contributed by atoms with E-state index in [4.69, 9.17) is 4.42 Å². The molecule has 0 bridgehead atoms. The molecule has 0 spiro atoms. The predicted molar refractivity (Wildman–Crippen MR) is 84.8 cm³/mol. The number of furan rings is 1. The van der Waals surface area contributed by atoms with Crippen LogP contribution in [0, 0.1) is 17.6 Å². The Labute approximate surface area is 142 Å². The summed E-state index contributed by atoms with van der Waals surface area (Å²) >= 11 is 0. The molecule has 2 heterocycles. The molecule has 1 aliphatic heterocycles. The van der Waals surface area contributed by atoms with Crippen LogP contribution in [0.2, 0.25) is 0 Å². The third kappa shape index (κ3) is 2.71. The van der Waals surface area contributed by atoms with Crippen molar-refractivity contribution in [2.45, 2.75) is 19.9 Å². The molecule has 0 radical (unpaired) electrons. The Morgan fingerprint density at radius 3 is 2.56 bits per heavy atom. The average Bonchev–Trinajstić information content (AvgIpc) is 3.15. The van der Waals surface area contributed by atoms with Crippen molar-refractivity contribution in [2.24, 2.45) is 5.92 Å². The van der Waals surface area contributed by atoms with Crippen LogP contribution in [0.3, 0.4) is 0 Å². The number of benzene rings is 1. The number of anilines is 1. The van der Waals surface area contributed by atoms with E-state index in [0.717, 1.165) is 17.0 Å². The molecule has 1 aromatic heterocycles. The van der Waals surface area contributed by atoms with Crippen LogP contribution in [-0.2, 0) is 9.59 Å². The maximum absolute atomic E-state index is 14.3. The van der Waals surface area contributed by atoms with Crippen molar-refractivity contribution in [3.63, 3.8) is 0 Å². The van der Waals surface area contributed by atoms with Crippen molar-refractivity contribution < 1.29 is 27.9 Å². The second-order valence-corrected chi connectivity index (χ2v) is 5.97. The van der Waals surface area contributed by atoms with Crippen LogP contribution in [0.15, 0.2) is 52.3 Å². The van der Waals surface area contributed by atoms with Crippen LogP contribution in [0.5, 0.6) is 0 Å². The highest BCUT2D eigenvalue weighted by molar-refractivity contribution is 6.16. The molecule has 2 aromatic rings. The Hall–Kier alpha value is -2.96. The third-order valence-electron chi connectivity index (χ3n) is 3.98. The van der Waals surface area contributed by atoms with Gasteiger partial charge in [0.2, 0.25) is 0 Å². The number of carbonyl (C=O) groups is 2. The molecule has 1 atom stereocenters. The van der Waals surface area contributed by atoms with Crippen molar-refractivity contribution in [1.29, 1.82) is 0 Å². The molecule has 25 heavy (non-hydrogen) atoms. The van der Waals surface area contributed by atoms with Gasteiger partial charge in [0.15, 0.2) is 11.5 Å². The summed E-state index contributed by atoms with van der Waals surface area (Å²) in [6, 6.07) is 4.63. The van der Waals surface area contributed by atoms with Gasteiger partial charge in [-0.25, -0.2) is 8.78 Å². The van der Waals surface area contributed by atoms with Crippen LogP contribution in [0.25, 0.3) is 0 Å². The number of aliphatic hydroxyl groups excluding tert-OH is 1. The Kier molecular flexibility index (Phi) is 4.16. The first-order chi connectivity index (χ1) is 11.8. The van der Waals surface area contributed by atoms with E-state index >= 15 is 0 Å². The fourth-order valence-corrected chi connectivity index (χ4v) is 2.81. The maximum atomic E-state index is 14.3. The first-order valence-corrected chi connectivity index (χ1v) is 7.62. The standard InChI is InChI=1S/C18H15F2NO4/c1-9(2)16(22)14-15(13-4-3-7-25-13)21(18(24)17(14)23)12-6-5-10(19)8-11(12)20/h3-9,15,23H,1-2H3. The van der Waals surface area contributed by atoms with Gasteiger partial charge in [0.1, 0.15) is 23.4 Å². The number of Topliss-reactive ketones (excluding diaryl/α,β-unsaturated/α-hetero) is 1. The van der Waals surface area contributed by atoms with E-state index < -0.39 is 41.0 Å². The van der Waals surface area contributed by atoms with Crippen molar-refractivity contribution in [3.05, 3.63) is 65.3 Å². The molecule has 7 heteroatoms. The van der Waals surface area contributed by atoms with Crippen LogP contribution in [0.1, 0.15) is 25.6 Å². The van der Waals surface area contributed by atoms with Gasteiger partial charge in [-0.2, -0.15) is 0 Å². The Balaban J connectivity index is 2.19. The van der Waals surface area contributed by atoms with Gasteiger partial charge in [-0.05, 0) is 24.3 Å². The molecule has 0 aliphatic carbocycles. The van der Waals surface area contributed by atoms with Crippen LogP contribution < -0.4 is 4.90 Å². The minimum Gasteiger partial charge on any atom is -0.503 e. The Bertz CT molecular complexity index is 871. The van der Waals surface area contributed by atoms with E-state index in [1.54, 1.807) is 19.9 Å². The lowest BCUT2D eigenvalue weighted by atomic mass is 9.94. The van der Waals surface area contributed by atoms with Crippen molar-refractivity contribution >= 4 is 17.4 Å². The van der Waals surface area contributed by atoms with E-state index in [0.29, 0.717) is 6.07 Å². The zero-order chi connectivity index (χ0) is 18.3. The molecule has 0 saturated carbocycles. The Morgan fingerprint density at radius 2 is 2.00 bits per heavy atom. The summed E-state index contributed by atoms with van der Waals surface area (Å²) in [5, 5.41) is 10.3. The van der Waals surface area contributed by atoms with E-state index in [1.165, 1.54) is 12.3 Å². The first kappa shape index (κ1) is 16.9. The van der Waals surface area contributed by atoms with Gasteiger partial charge in [0, 0.05) is 12.0 Å². The van der Waals surface area contributed by atoms with E-state index in [2.05, 4.69) is 0 Å². The number of carbonyl (C=O) groups excluding carboxylic acids is 2. The third-order valence-corrected chi connectivity index (χ3v) is 3.98. The fraction of sp³-hybridized carbons (Fsp3) is 0.222. The highest BCUT2D eigenvalue weighted by Gasteiger charge is 2.46. The molecule has 1 N–H and O–H groups in total. The summed E-state index contributed by atoms with van der Waals surface area (Å²) in [5.74, 6) is -4.28. The fourth-order valence-electron chi connectivity index (χ4n) is 2.81. The number of halogens is 2. The SMILES string of the molecule is CC(C)C(=O)C1=C(O)C(=O)N(c2ccc(F)cc2F)C1c1ccco1. The molecule has 0 saturated heterocycles. The molecule has 1 amide bonds. The lowest BCUT2D eigenvalue weighted by Crippen LogP contribution is -2.32. The molecule has 1 aromatic carbocycles. The van der Waals surface area contributed by atoms with Crippen LogP contribution in [0.4, 0.5) is 14.5 Å². The van der Waals surface area contributed by atoms with Crippen molar-refractivity contribution in [1.82, 2.24) is 0 Å². The molecule has 1 aliphatic rings. The van der Waals surface area contributed by atoms with Gasteiger partial charge < -0.3 is 9.52 Å². The number of aliphatic hydroxyl groups is 1. The van der Waals surface area contributed by atoms with Gasteiger partial charge in [0.05, 0.1) is 17.5 Å². The lowest BCUT2D eigenvalue weighted by Gasteiger charge is -2.25. The molecular formula is C18H15F2NO4. The minimum atomic E-state index is -1.13. The van der Waals surface area contributed by atoms with Crippen molar-refractivity contribution in [2.75, 3.05) is 4.90 Å².